The Morgan fingerprint density at radius 1 is 1.33 bits per heavy atom. The Hall–Kier alpha value is -0.760. The molecule has 1 aromatic carbocycles. The molecule has 100 valence electrons. The molecule has 0 bridgehead atoms. The summed E-state index contributed by atoms with van der Waals surface area (Å²) >= 11 is 5.85. The van der Waals surface area contributed by atoms with E-state index in [1.165, 1.54) is 25.3 Å². The molecule has 1 nitrogen and oxygen atoms in total. The number of ether oxygens (including phenoxy) is 1. The van der Waals surface area contributed by atoms with Gasteiger partial charge in [-0.3, -0.25) is 0 Å². The highest BCUT2D eigenvalue weighted by Gasteiger charge is 2.26. The van der Waals surface area contributed by atoms with Gasteiger partial charge in [-0.15, -0.1) is 11.6 Å². The summed E-state index contributed by atoms with van der Waals surface area (Å²) < 4.78 is 19.8. The highest BCUT2D eigenvalue weighted by molar-refractivity contribution is 6.17. The summed E-state index contributed by atoms with van der Waals surface area (Å²) in [6, 6.07) is 4.95. The molecule has 2 atom stereocenters. The van der Waals surface area contributed by atoms with Crippen LogP contribution in [0, 0.1) is 11.7 Å². The average Bonchev–Trinajstić information content (AvgIpc) is 2.41. The first-order chi connectivity index (χ1) is 8.76. The highest BCUT2D eigenvalue weighted by Crippen LogP contribution is 2.33. The van der Waals surface area contributed by atoms with Gasteiger partial charge in [-0.2, -0.15) is 0 Å². The van der Waals surface area contributed by atoms with Crippen molar-refractivity contribution in [3.8, 4) is 5.75 Å². The largest absolute Gasteiger partial charge is 0.487 e. The summed E-state index contributed by atoms with van der Waals surface area (Å²) in [5.41, 5.74) is 0.747. The maximum absolute atomic E-state index is 13.8. The molecule has 2 unspecified atom stereocenters. The van der Waals surface area contributed by atoms with Crippen LogP contribution in [0.4, 0.5) is 4.39 Å². The second kappa shape index (κ2) is 6.42. The second-order valence-electron chi connectivity index (χ2n) is 4.97. The molecule has 2 rings (SSSR count). The molecular formula is C15H20ClFO. The zero-order valence-electron chi connectivity index (χ0n) is 10.8. The van der Waals surface area contributed by atoms with Crippen molar-refractivity contribution >= 4 is 11.6 Å². The third-order valence-electron chi connectivity index (χ3n) is 3.83. The van der Waals surface area contributed by atoms with Gasteiger partial charge < -0.3 is 4.74 Å². The number of alkyl halides is 1. The third kappa shape index (κ3) is 2.97. The topological polar surface area (TPSA) is 9.23 Å². The lowest BCUT2D eigenvalue weighted by Gasteiger charge is -2.31. The van der Waals surface area contributed by atoms with Crippen molar-refractivity contribution < 1.29 is 9.13 Å². The maximum atomic E-state index is 13.8. The van der Waals surface area contributed by atoms with E-state index < -0.39 is 0 Å². The Kier molecular flexibility index (Phi) is 4.87. The van der Waals surface area contributed by atoms with Crippen LogP contribution in [0.3, 0.4) is 0 Å². The van der Waals surface area contributed by atoms with Crippen molar-refractivity contribution in [1.82, 2.24) is 0 Å². The minimum atomic E-state index is -0.298. The van der Waals surface area contributed by atoms with Crippen molar-refractivity contribution in [1.29, 1.82) is 0 Å². The summed E-state index contributed by atoms with van der Waals surface area (Å²) in [5, 5.41) is 0. The molecule has 0 spiro atoms. The van der Waals surface area contributed by atoms with Crippen molar-refractivity contribution in [2.45, 2.75) is 51.0 Å². The van der Waals surface area contributed by atoms with Gasteiger partial charge in [-0.05, 0) is 37.7 Å². The molecular weight excluding hydrogens is 251 g/mol. The summed E-state index contributed by atoms with van der Waals surface area (Å²) in [6.45, 7) is 2.18. The van der Waals surface area contributed by atoms with Crippen LogP contribution in [0.15, 0.2) is 18.2 Å². The van der Waals surface area contributed by atoms with E-state index in [1.54, 1.807) is 6.07 Å². The van der Waals surface area contributed by atoms with Gasteiger partial charge in [0.25, 0.3) is 0 Å². The van der Waals surface area contributed by atoms with Gasteiger partial charge in [0, 0.05) is 5.56 Å². The van der Waals surface area contributed by atoms with Crippen molar-refractivity contribution in [2.75, 3.05) is 0 Å². The first-order valence-corrected chi connectivity index (χ1v) is 7.29. The lowest BCUT2D eigenvalue weighted by Crippen LogP contribution is -2.30. The molecule has 1 aliphatic carbocycles. The third-order valence-corrected chi connectivity index (χ3v) is 4.11. The van der Waals surface area contributed by atoms with E-state index in [4.69, 9.17) is 16.3 Å². The molecule has 0 aromatic heterocycles. The summed E-state index contributed by atoms with van der Waals surface area (Å²) in [4.78, 5) is 0. The lowest BCUT2D eigenvalue weighted by molar-refractivity contribution is 0.0855. The number of rotatable bonds is 4. The monoisotopic (exact) mass is 270 g/mol. The predicted octanol–water partition coefficient (Wildman–Crippen LogP) is 4.91. The van der Waals surface area contributed by atoms with Crippen LogP contribution in [0.25, 0.3) is 0 Å². The number of para-hydroxylation sites is 1. The van der Waals surface area contributed by atoms with Gasteiger partial charge in [-0.1, -0.05) is 25.5 Å². The summed E-state index contributed by atoms with van der Waals surface area (Å²) in [7, 11) is 0. The Labute approximate surface area is 113 Å². The van der Waals surface area contributed by atoms with Gasteiger partial charge in [0.05, 0.1) is 5.88 Å². The second-order valence-corrected chi connectivity index (χ2v) is 5.24. The Bertz CT molecular complexity index is 394. The lowest BCUT2D eigenvalue weighted by atomic mass is 9.84. The van der Waals surface area contributed by atoms with E-state index in [-0.39, 0.29) is 17.8 Å². The molecule has 0 N–H and O–H groups in total. The van der Waals surface area contributed by atoms with E-state index in [2.05, 4.69) is 6.92 Å². The molecule has 18 heavy (non-hydrogen) atoms. The van der Waals surface area contributed by atoms with Crippen LogP contribution in [0.5, 0.6) is 5.75 Å². The first kappa shape index (κ1) is 13.7. The van der Waals surface area contributed by atoms with Crippen LogP contribution >= 0.6 is 11.6 Å². The summed E-state index contributed by atoms with van der Waals surface area (Å²) in [5.74, 6) is 0.893. The fraction of sp³-hybridized carbons (Fsp3) is 0.600. The van der Waals surface area contributed by atoms with Crippen LogP contribution in [0.1, 0.15) is 44.6 Å². The maximum Gasteiger partial charge on any atom is 0.165 e. The molecule has 0 aliphatic heterocycles. The van der Waals surface area contributed by atoms with E-state index >= 15 is 0 Å². The van der Waals surface area contributed by atoms with Crippen molar-refractivity contribution in [2.24, 2.45) is 5.92 Å². The standard InChI is InChI=1S/C15H20ClFO/c1-2-11-6-3-4-9-14(11)18-15-12(10-16)7-5-8-13(15)17/h5,7-8,11,14H,2-4,6,9-10H2,1H3. The smallest absolute Gasteiger partial charge is 0.165 e. The van der Waals surface area contributed by atoms with Crippen LogP contribution in [0.2, 0.25) is 0 Å². The van der Waals surface area contributed by atoms with Crippen molar-refractivity contribution in [3.05, 3.63) is 29.6 Å². The fourth-order valence-corrected chi connectivity index (χ4v) is 2.95. The van der Waals surface area contributed by atoms with Gasteiger partial charge in [-0.25, -0.2) is 4.39 Å². The van der Waals surface area contributed by atoms with Gasteiger partial charge in [0.2, 0.25) is 0 Å². The molecule has 1 aliphatic rings. The van der Waals surface area contributed by atoms with Gasteiger partial charge >= 0.3 is 0 Å². The molecule has 1 fully saturated rings. The normalized spacial score (nSPS) is 23.9. The fourth-order valence-electron chi connectivity index (χ4n) is 2.74. The van der Waals surface area contributed by atoms with Crippen LogP contribution < -0.4 is 4.74 Å². The quantitative estimate of drug-likeness (QED) is 0.706. The molecule has 0 radical (unpaired) electrons. The number of halogens is 2. The Balaban J connectivity index is 2.17. The molecule has 0 saturated heterocycles. The highest BCUT2D eigenvalue weighted by atomic mass is 35.5. The predicted molar refractivity (Wildman–Crippen MR) is 72.6 cm³/mol. The Morgan fingerprint density at radius 3 is 2.83 bits per heavy atom. The molecule has 1 aromatic rings. The summed E-state index contributed by atoms with van der Waals surface area (Å²) in [6.07, 6.45) is 5.88. The van der Waals surface area contributed by atoms with Gasteiger partial charge in [0.1, 0.15) is 6.10 Å². The van der Waals surface area contributed by atoms with Crippen LogP contribution in [-0.4, -0.2) is 6.10 Å². The number of hydrogen-bond acceptors (Lipinski definition) is 1. The minimum absolute atomic E-state index is 0.141. The van der Waals surface area contributed by atoms with E-state index in [0.717, 1.165) is 18.4 Å². The zero-order chi connectivity index (χ0) is 13.0. The molecule has 0 amide bonds. The molecule has 1 saturated carbocycles. The average molecular weight is 271 g/mol. The number of benzene rings is 1. The van der Waals surface area contributed by atoms with E-state index in [0.29, 0.717) is 11.7 Å². The SMILES string of the molecule is CCC1CCCCC1Oc1c(F)cccc1CCl. The molecule has 0 heterocycles. The van der Waals surface area contributed by atoms with E-state index in [9.17, 15) is 4.39 Å². The van der Waals surface area contributed by atoms with Crippen LogP contribution in [-0.2, 0) is 5.88 Å². The molecule has 3 heteroatoms. The minimum Gasteiger partial charge on any atom is -0.487 e. The zero-order valence-corrected chi connectivity index (χ0v) is 11.5. The van der Waals surface area contributed by atoms with Gasteiger partial charge in [0.15, 0.2) is 11.6 Å². The first-order valence-electron chi connectivity index (χ1n) is 6.76. The number of hydrogen-bond donors (Lipinski definition) is 0. The van der Waals surface area contributed by atoms with E-state index in [1.807, 2.05) is 6.07 Å². The van der Waals surface area contributed by atoms with Crippen molar-refractivity contribution in [3.63, 3.8) is 0 Å². The Morgan fingerprint density at radius 2 is 2.11 bits per heavy atom.